The first-order chi connectivity index (χ1) is 18.2. The molecule has 1 aliphatic rings. The van der Waals surface area contributed by atoms with Crippen molar-refractivity contribution in [3.05, 3.63) is 71.3 Å². The number of hydrogen-bond acceptors (Lipinski definition) is 3. The Morgan fingerprint density at radius 3 is 2.32 bits per heavy atom. The van der Waals surface area contributed by atoms with Gasteiger partial charge in [0.1, 0.15) is 5.75 Å². The predicted octanol–water partition coefficient (Wildman–Crippen LogP) is 8.35. The predicted molar refractivity (Wildman–Crippen MR) is 146 cm³/mol. The van der Waals surface area contributed by atoms with E-state index in [1.165, 1.54) is 23.8 Å². The van der Waals surface area contributed by atoms with Crippen molar-refractivity contribution in [2.75, 3.05) is 6.54 Å². The Bertz CT molecular complexity index is 1150. The van der Waals surface area contributed by atoms with Gasteiger partial charge in [-0.3, -0.25) is 9.78 Å². The number of nitrogens with zero attached hydrogens (tertiary/aromatic N) is 1. The van der Waals surface area contributed by atoms with E-state index in [4.69, 9.17) is 0 Å². The molecule has 0 aliphatic heterocycles. The highest BCUT2D eigenvalue weighted by Gasteiger charge is 2.33. The molecule has 38 heavy (non-hydrogen) atoms. The SMILES string of the molecule is CC.CC.Cc1cc(C2CCC(CNC(=O)c3c(-c4ccccc4OC(F)(F)F)c[nH]c3C)CC2)ccn1. The van der Waals surface area contributed by atoms with Crippen molar-refractivity contribution < 1.29 is 22.7 Å². The molecule has 8 heteroatoms. The number of para-hydroxylation sites is 1. The van der Waals surface area contributed by atoms with Crippen LogP contribution in [0.2, 0.25) is 0 Å². The van der Waals surface area contributed by atoms with E-state index in [1.807, 2.05) is 40.8 Å². The van der Waals surface area contributed by atoms with Crippen molar-refractivity contribution in [3.8, 4) is 16.9 Å². The first kappa shape index (κ1) is 30.9. The Kier molecular flexibility index (Phi) is 11.9. The molecule has 2 aromatic heterocycles. The van der Waals surface area contributed by atoms with Crippen LogP contribution in [-0.4, -0.2) is 28.8 Å². The van der Waals surface area contributed by atoms with Gasteiger partial charge in [0.15, 0.2) is 0 Å². The van der Waals surface area contributed by atoms with Crippen LogP contribution in [0.3, 0.4) is 0 Å². The van der Waals surface area contributed by atoms with Crippen LogP contribution >= 0.6 is 0 Å². The van der Waals surface area contributed by atoms with E-state index in [9.17, 15) is 18.0 Å². The van der Waals surface area contributed by atoms with E-state index < -0.39 is 6.36 Å². The van der Waals surface area contributed by atoms with Crippen molar-refractivity contribution in [1.29, 1.82) is 0 Å². The average molecular weight is 532 g/mol. The van der Waals surface area contributed by atoms with E-state index >= 15 is 0 Å². The highest BCUT2D eigenvalue weighted by molar-refractivity contribution is 6.02. The monoisotopic (exact) mass is 531 g/mol. The molecule has 1 aromatic carbocycles. The molecule has 1 amide bonds. The number of ether oxygens (including phenoxy) is 1. The van der Waals surface area contributed by atoms with Crippen LogP contribution in [-0.2, 0) is 0 Å². The highest BCUT2D eigenvalue weighted by atomic mass is 19.4. The maximum absolute atomic E-state index is 13.1. The van der Waals surface area contributed by atoms with Gasteiger partial charge in [-0.1, -0.05) is 45.9 Å². The third kappa shape index (κ3) is 8.36. The minimum absolute atomic E-state index is 0.211. The lowest BCUT2D eigenvalue weighted by atomic mass is 9.79. The molecule has 2 N–H and O–H groups in total. The molecule has 0 atom stereocenters. The summed E-state index contributed by atoms with van der Waals surface area (Å²) in [6, 6.07) is 10.1. The number of rotatable bonds is 6. The molecular weight excluding hydrogens is 491 g/mol. The first-order valence-electron chi connectivity index (χ1n) is 13.4. The zero-order chi connectivity index (χ0) is 28.3. The van der Waals surface area contributed by atoms with E-state index in [0.717, 1.165) is 31.4 Å². The number of aromatic amines is 1. The summed E-state index contributed by atoms with van der Waals surface area (Å²) in [5, 5.41) is 3.01. The number of aromatic nitrogens is 2. The Labute approximate surface area is 224 Å². The summed E-state index contributed by atoms with van der Waals surface area (Å²) < 4.78 is 42.8. The van der Waals surface area contributed by atoms with Gasteiger partial charge in [0.2, 0.25) is 0 Å². The largest absolute Gasteiger partial charge is 0.573 e. The molecule has 3 aromatic rings. The Morgan fingerprint density at radius 2 is 1.68 bits per heavy atom. The minimum atomic E-state index is -4.82. The summed E-state index contributed by atoms with van der Waals surface area (Å²) in [5.74, 6) is 0.235. The molecule has 208 valence electrons. The van der Waals surface area contributed by atoms with Crippen LogP contribution in [0.5, 0.6) is 5.75 Å². The summed E-state index contributed by atoms with van der Waals surface area (Å²) in [5.41, 5.74) is 3.86. The van der Waals surface area contributed by atoms with Gasteiger partial charge in [0, 0.05) is 41.5 Å². The Hall–Kier alpha value is -3.29. The van der Waals surface area contributed by atoms with E-state index in [-0.39, 0.29) is 17.2 Å². The number of halogens is 3. The average Bonchev–Trinajstić information content (AvgIpc) is 3.30. The lowest BCUT2D eigenvalue weighted by Gasteiger charge is -2.29. The normalized spacial score (nSPS) is 16.9. The van der Waals surface area contributed by atoms with Crippen LogP contribution in [0, 0.1) is 19.8 Å². The number of carbonyl (C=O) groups excluding carboxylic acids is 1. The van der Waals surface area contributed by atoms with Gasteiger partial charge in [-0.15, -0.1) is 13.2 Å². The second-order valence-corrected chi connectivity index (χ2v) is 8.90. The lowest BCUT2D eigenvalue weighted by molar-refractivity contribution is -0.274. The lowest BCUT2D eigenvalue weighted by Crippen LogP contribution is -2.31. The summed E-state index contributed by atoms with van der Waals surface area (Å²) >= 11 is 0. The van der Waals surface area contributed by atoms with Gasteiger partial charge >= 0.3 is 6.36 Å². The second kappa shape index (κ2) is 14.6. The molecule has 2 heterocycles. The van der Waals surface area contributed by atoms with E-state index in [1.54, 1.807) is 19.2 Å². The summed E-state index contributed by atoms with van der Waals surface area (Å²) in [6.45, 7) is 12.3. The molecule has 0 spiro atoms. The van der Waals surface area contributed by atoms with Crippen LogP contribution in [0.25, 0.3) is 11.1 Å². The van der Waals surface area contributed by atoms with E-state index in [0.29, 0.717) is 35.2 Å². The van der Waals surface area contributed by atoms with Crippen molar-refractivity contribution in [1.82, 2.24) is 15.3 Å². The fourth-order valence-corrected chi connectivity index (χ4v) is 4.78. The maximum atomic E-state index is 13.1. The molecule has 5 nitrogen and oxygen atoms in total. The number of pyridine rings is 1. The van der Waals surface area contributed by atoms with Crippen LogP contribution < -0.4 is 10.1 Å². The number of benzene rings is 1. The number of H-pyrrole nitrogens is 1. The number of amides is 1. The molecule has 4 rings (SSSR count). The molecular formula is C30H40F3N3O2. The molecule has 0 bridgehead atoms. The second-order valence-electron chi connectivity index (χ2n) is 8.90. The number of nitrogens with one attached hydrogen (secondary N) is 2. The fraction of sp³-hybridized carbons (Fsp3) is 0.467. The molecule has 0 saturated heterocycles. The molecule has 1 aliphatic carbocycles. The van der Waals surface area contributed by atoms with Gasteiger partial charge < -0.3 is 15.0 Å². The first-order valence-corrected chi connectivity index (χ1v) is 13.4. The standard InChI is InChI=1S/C26H28F3N3O2.2C2H6/c1-16-13-20(11-12-30-16)19-9-7-18(8-10-19)14-32-25(33)24-17(2)31-15-22(24)21-5-3-4-6-23(21)34-26(27,28)29;2*1-2/h3-6,11-13,15,18-19,31H,7-10,14H2,1-2H3,(H,32,33);2*1-2H3. The number of carbonyl (C=O) groups is 1. The fourth-order valence-electron chi connectivity index (χ4n) is 4.78. The minimum Gasteiger partial charge on any atom is -0.405 e. The summed E-state index contributed by atoms with van der Waals surface area (Å²) in [4.78, 5) is 20.3. The zero-order valence-electron chi connectivity index (χ0n) is 23.2. The molecule has 0 radical (unpaired) electrons. The van der Waals surface area contributed by atoms with Gasteiger partial charge in [-0.05, 0) is 75.1 Å². The third-order valence-corrected chi connectivity index (χ3v) is 6.50. The number of aryl methyl sites for hydroxylation is 2. The number of hydrogen-bond donors (Lipinski definition) is 2. The quantitative estimate of drug-likeness (QED) is 0.336. The van der Waals surface area contributed by atoms with Gasteiger partial charge in [0.05, 0.1) is 5.56 Å². The van der Waals surface area contributed by atoms with Crippen molar-refractivity contribution in [2.24, 2.45) is 5.92 Å². The Morgan fingerprint density at radius 1 is 1.03 bits per heavy atom. The van der Waals surface area contributed by atoms with Gasteiger partial charge in [-0.25, -0.2) is 0 Å². The third-order valence-electron chi connectivity index (χ3n) is 6.50. The van der Waals surface area contributed by atoms with Crippen LogP contribution in [0.4, 0.5) is 13.2 Å². The smallest absolute Gasteiger partial charge is 0.405 e. The molecule has 0 unspecified atom stereocenters. The zero-order valence-corrected chi connectivity index (χ0v) is 23.2. The van der Waals surface area contributed by atoms with Crippen molar-refractivity contribution in [2.45, 2.75) is 79.5 Å². The molecule has 1 fully saturated rings. The Balaban J connectivity index is 0.00000121. The molecule has 1 saturated carbocycles. The highest BCUT2D eigenvalue weighted by Crippen LogP contribution is 2.37. The number of alkyl halides is 3. The van der Waals surface area contributed by atoms with Crippen LogP contribution in [0.1, 0.15) is 86.6 Å². The van der Waals surface area contributed by atoms with Gasteiger partial charge in [-0.2, -0.15) is 0 Å². The summed E-state index contributed by atoms with van der Waals surface area (Å²) in [7, 11) is 0. The van der Waals surface area contributed by atoms with Crippen molar-refractivity contribution in [3.63, 3.8) is 0 Å². The van der Waals surface area contributed by atoms with Crippen LogP contribution in [0.15, 0.2) is 48.8 Å². The van der Waals surface area contributed by atoms with Gasteiger partial charge in [0.25, 0.3) is 5.91 Å². The van der Waals surface area contributed by atoms with Crippen molar-refractivity contribution >= 4 is 5.91 Å². The topological polar surface area (TPSA) is 67.0 Å². The van der Waals surface area contributed by atoms with E-state index in [2.05, 4.69) is 32.2 Å². The maximum Gasteiger partial charge on any atom is 0.573 e. The summed E-state index contributed by atoms with van der Waals surface area (Å²) in [6.07, 6.45) is 2.70.